The SMILES string of the molecule is CC(=O)OC[C@@H]1O[C@H](n2cc(COc3ccc(C=O)cc3)nn2)[C@@H](OC(C)=O)[C@H](OC(C)=O)[C@H]1OC(C)=O. The van der Waals surface area contributed by atoms with Crippen molar-refractivity contribution in [2.75, 3.05) is 6.61 Å². The molecule has 0 radical (unpaired) electrons. The van der Waals surface area contributed by atoms with Gasteiger partial charge >= 0.3 is 23.9 Å². The predicted molar refractivity (Wildman–Crippen MR) is 123 cm³/mol. The first-order valence-electron chi connectivity index (χ1n) is 11.5. The van der Waals surface area contributed by atoms with E-state index in [1.807, 2.05) is 0 Å². The van der Waals surface area contributed by atoms with E-state index in [0.717, 1.165) is 20.8 Å². The summed E-state index contributed by atoms with van der Waals surface area (Å²) in [7, 11) is 0. The standard InChI is InChI=1S/C24H27N3O11/c1-13(29)33-12-20-21(35-14(2)30)22(36-15(3)31)23(37-16(4)32)24(38-20)27-9-18(25-26-27)11-34-19-7-5-17(10-28)6-8-19/h5-10,20-24H,11-12H2,1-4H3/t20-,21-,22+,23-,24-/m0/s1. The normalized spacial score (nSPS) is 22.6. The van der Waals surface area contributed by atoms with E-state index >= 15 is 0 Å². The molecule has 1 fully saturated rings. The molecule has 0 aliphatic carbocycles. The molecular formula is C24H27N3O11. The van der Waals surface area contributed by atoms with E-state index in [1.165, 1.54) is 17.8 Å². The number of rotatable bonds is 10. The number of nitrogens with zero attached hydrogens (tertiary/aromatic N) is 3. The lowest BCUT2D eigenvalue weighted by molar-refractivity contribution is -0.270. The van der Waals surface area contributed by atoms with Crippen LogP contribution in [0.3, 0.4) is 0 Å². The number of aromatic nitrogens is 3. The van der Waals surface area contributed by atoms with Gasteiger partial charge in [0.15, 0.2) is 24.5 Å². The van der Waals surface area contributed by atoms with Crippen LogP contribution in [0, 0.1) is 0 Å². The topological polar surface area (TPSA) is 171 Å². The van der Waals surface area contributed by atoms with E-state index in [1.54, 1.807) is 24.3 Å². The van der Waals surface area contributed by atoms with Crippen molar-refractivity contribution in [1.29, 1.82) is 0 Å². The fraction of sp³-hybridized carbons (Fsp3) is 0.458. The second-order valence-electron chi connectivity index (χ2n) is 8.26. The summed E-state index contributed by atoms with van der Waals surface area (Å²) >= 11 is 0. The average Bonchev–Trinajstić information content (AvgIpc) is 3.32. The monoisotopic (exact) mass is 533 g/mol. The second kappa shape index (κ2) is 12.8. The van der Waals surface area contributed by atoms with Crippen LogP contribution in [0.25, 0.3) is 0 Å². The number of carbonyl (C=O) groups is 5. The van der Waals surface area contributed by atoms with Gasteiger partial charge in [-0.05, 0) is 24.3 Å². The van der Waals surface area contributed by atoms with Gasteiger partial charge in [-0.2, -0.15) is 0 Å². The molecule has 14 heteroatoms. The van der Waals surface area contributed by atoms with Crippen LogP contribution in [0.4, 0.5) is 0 Å². The Bertz CT molecular complexity index is 1160. The molecule has 3 rings (SSSR count). The highest BCUT2D eigenvalue weighted by Gasteiger charge is 2.53. The molecule has 1 aromatic heterocycles. The lowest BCUT2D eigenvalue weighted by atomic mass is 9.97. The van der Waals surface area contributed by atoms with Gasteiger partial charge in [-0.1, -0.05) is 5.21 Å². The number of carbonyl (C=O) groups excluding carboxylic acids is 5. The number of hydrogen-bond donors (Lipinski definition) is 0. The Morgan fingerprint density at radius 2 is 1.50 bits per heavy atom. The van der Waals surface area contributed by atoms with Crippen LogP contribution < -0.4 is 4.74 Å². The Kier molecular flexibility index (Phi) is 9.49. The lowest BCUT2D eigenvalue weighted by Gasteiger charge is -2.44. The van der Waals surface area contributed by atoms with Gasteiger partial charge in [-0.25, -0.2) is 4.68 Å². The minimum atomic E-state index is -1.33. The van der Waals surface area contributed by atoms with Gasteiger partial charge in [0.2, 0.25) is 0 Å². The van der Waals surface area contributed by atoms with Crippen LogP contribution in [0.1, 0.15) is 50.0 Å². The number of benzene rings is 1. The summed E-state index contributed by atoms with van der Waals surface area (Å²) < 4.78 is 34.2. The summed E-state index contributed by atoms with van der Waals surface area (Å²) in [4.78, 5) is 58.1. The third kappa shape index (κ3) is 7.59. The zero-order chi connectivity index (χ0) is 27.8. The molecule has 38 heavy (non-hydrogen) atoms. The maximum absolute atomic E-state index is 12.0. The number of aldehydes is 1. The predicted octanol–water partition coefficient (Wildman–Crippen LogP) is 0.925. The number of ether oxygens (including phenoxy) is 6. The largest absolute Gasteiger partial charge is 0.487 e. The van der Waals surface area contributed by atoms with Gasteiger partial charge in [-0.15, -0.1) is 5.10 Å². The van der Waals surface area contributed by atoms with Crippen LogP contribution in [-0.4, -0.2) is 76.2 Å². The van der Waals surface area contributed by atoms with Crippen molar-refractivity contribution in [2.24, 2.45) is 0 Å². The van der Waals surface area contributed by atoms with Crippen molar-refractivity contribution in [3.8, 4) is 5.75 Å². The van der Waals surface area contributed by atoms with Crippen molar-refractivity contribution >= 4 is 30.2 Å². The average molecular weight is 533 g/mol. The van der Waals surface area contributed by atoms with Gasteiger partial charge < -0.3 is 28.4 Å². The van der Waals surface area contributed by atoms with Crippen molar-refractivity contribution in [2.45, 2.75) is 64.9 Å². The highest BCUT2D eigenvalue weighted by Crippen LogP contribution is 2.34. The molecule has 1 aliphatic rings. The molecule has 5 atom stereocenters. The molecule has 1 aliphatic heterocycles. The van der Waals surface area contributed by atoms with Crippen molar-refractivity contribution in [3.63, 3.8) is 0 Å². The summed E-state index contributed by atoms with van der Waals surface area (Å²) in [6.45, 7) is 4.22. The summed E-state index contributed by atoms with van der Waals surface area (Å²) in [5, 5.41) is 8.07. The molecule has 204 valence electrons. The third-order valence-electron chi connectivity index (χ3n) is 5.19. The van der Waals surface area contributed by atoms with Gasteiger partial charge in [0, 0.05) is 33.3 Å². The maximum atomic E-state index is 12.0. The molecular weight excluding hydrogens is 506 g/mol. The quantitative estimate of drug-likeness (QED) is 0.240. The molecule has 0 spiro atoms. The van der Waals surface area contributed by atoms with Crippen molar-refractivity contribution in [3.05, 3.63) is 41.7 Å². The van der Waals surface area contributed by atoms with Crippen molar-refractivity contribution < 1.29 is 52.4 Å². The Hall–Kier alpha value is -4.33. The van der Waals surface area contributed by atoms with E-state index in [9.17, 15) is 24.0 Å². The molecule has 2 heterocycles. The molecule has 0 amide bonds. The zero-order valence-corrected chi connectivity index (χ0v) is 21.1. The summed E-state index contributed by atoms with van der Waals surface area (Å²) in [5.74, 6) is -2.35. The first-order valence-corrected chi connectivity index (χ1v) is 11.5. The highest BCUT2D eigenvalue weighted by atomic mass is 16.7. The number of esters is 4. The Morgan fingerprint density at radius 3 is 2.08 bits per heavy atom. The van der Waals surface area contributed by atoms with Crippen molar-refractivity contribution in [1.82, 2.24) is 15.0 Å². The van der Waals surface area contributed by atoms with Gasteiger partial charge in [0.1, 0.15) is 37.0 Å². The highest BCUT2D eigenvalue weighted by molar-refractivity contribution is 5.74. The summed E-state index contributed by atoms with van der Waals surface area (Å²) in [6, 6.07) is 6.43. The van der Waals surface area contributed by atoms with E-state index in [-0.39, 0.29) is 13.2 Å². The van der Waals surface area contributed by atoms with E-state index in [2.05, 4.69) is 10.3 Å². The van der Waals surface area contributed by atoms with Crippen LogP contribution in [-0.2, 0) is 49.5 Å². The molecule has 14 nitrogen and oxygen atoms in total. The maximum Gasteiger partial charge on any atom is 0.303 e. The molecule has 0 bridgehead atoms. The molecule has 2 aromatic rings. The molecule has 0 saturated carbocycles. The fourth-order valence-corrected chi connectivity index (χ4v) is 3.72. The van der Waals surface area contributed by atoms with Gasteiger partial charge in [0.25, 0.3) is 0 Å². The second-order valence-corrected chi connectivity index (χ2v) is 8.26. The van der Waals surface area contributed by atoms with Crippen LogP contribution in [0.5, 0.6) is 5.75 Å². The van der Waals surface area contributed by atoms with Crippen LogP contribution >= 0.6 is 0 Å². The zero-order valence-electron chi connectivity index (χ0n) is 21.1. The first-order chi connectivity index (χ1) is 18.1. The molecule has 1 aromatic carbocycles. The van der Waals surface area contributed by atoms with Crippen LogP contribution in [0.15, 0.2) is 30.5 Å². The van der Waals surface area contributed by atoms with Crippen LogP contribution in [0.2, 0.25) is 0 Å². The Morgan fingerprint density at radius 1 is 0.895 bits per heavy atom. The minimum Gasteiger partial charge on any atom is -0.487 e. The first kappa shape index (κ1) is 28.2. The Labute approximate surface area is 217 Å². The van der Waals surface area contributed by atoms with E-state index in [0.29, 0.717) is 23.3 Å². The molecule has 0 unspecified atom stereocenters. The lowest BCUT2D eigenvalue weighted by Crippen LogP contribution is -2.60. The smallest absolute Gasteiger partial charge is 0.303 e. The Balaban J connectivity index is 1.90. The number of hydrogen-bond acceptors (Lipinski definition) is 13. The third-order valence-corrected chi connectivity index (χ3v) is 5.19. The minimum absolute atomic E-state index is 0.00822. The summed E-state index contributed by atoms with van der Waals surface area (Å²) in [5.41, 5.74) is 0.851. The summed E-state index contributed by atoms with van der Waals surface area (Å²) in [6.07, 6.45) is -4.10. The van der Waals surface area contributed by atoms with E-state index in [4.69, 9.17) is 28.4 Å². The van der Waals surface area contributed by atoms with E-state index < -0.39 is 54.5 Å². The van der Waals surface area contributed by atoms with Gasteiger partial charge in [-0.3, -0.25) is 24.0 Å². The molecule has 1 saturated heterocycles. The fourth-order valence-electron chi connectivity index (χ4n) is 3.72. The molecule has 0 N–H and O–H groups in total. The van der Waals surface area contributed by atoms with Gasteiger partial charge in [0.05, 0.1) is 6.20 Å².